The molecule has 43 heavy (non-hydrogen) atoms. The van der Waals surface area contributed by atoms with Crippen LogP contribution in [-0.4, -0.2) is 57.8 Å². The van der Waals surface area contributed by atoms with Crippen LogP contribution in [-0.2, 0) is 19.1 Å². The summed E-state index contributed by atoms with van der Waals surface area (Å²) in [7, 11) is 0. The van der Waals surface area contributed by atoms with Crippen molar-refractivity contribution in [1.82, 2.24) is 0 Å². The van der Waals surface area contributed by atoms with Crippen LogP contribution >= 0.6 is 0 Å². The second-order valence-corrected chi connectivity index (χ2v) is 17.6. The minimum atomic E-state index is -0.903. The largest absolute Gasteiger partial charge is 0.481 e. The lowest BCUT2D eigenvalue weighted by molar-refractivity contribution is -0.290. The van der Waals surface area contributed by atoms with Gasteiger partial charge in [-0.1, -0.05) is 47.1 Å². The number of allylic oxidation sites excluding steroid dienone is 2. The van der Waals surface area contributed by atoms with Gasteiger partial charge in [0.1, 0.15) is 6.10 Å². The molecule has 1 saturated heterocycles. The molecule has 0 radical (unpaired) electrons. The number of carbonyl (C=O) groups excluding carboxylic acids is 1. The van der Waals surface area contributed by atoms with Crippen LogP contribution in [0.15, 0.2) is 11.6 Å². The van der Waals surface area contributed by atoms with Crippen LogP contribution < -0.4 is 0 Å². The average Bonchev–Trinajstić information content (AvgIpc) is 2.91. The first-order chi connectivity index (χ1) is 19.8. The molecule has 5 aliphatic carbocycles. The van der Waals surface area contributed by atoms with Crippen LogP contribution in [0, 0.1) is 50.2 Å². The highest BCUT2D eigenvalue weighted by molar-refractivity contribution is 5.95. The summed E-state index contributed by atoms with van der Waals surface area (Å²) < 4.78 is 12.6. The number of hydrogen-bond acceptors (Lipinski definition) is 6. The van der Waals surface area contributed by atoms with E-state index in [1.54, 1.807) is 6.92 Å². The van der Waals surface area contributed by atoms with Gasteiger partial charge in [0.05, 0.1) is 23.7 Å². The number of aliphatic hydroxyl groups excluding tert-OH is 2. The van der Waals surface area contributed by atoms with Crippen molar-refractivity contribution in [3.8, 4) is 0 Å². The number of ketones is 1. The molecule has 13 atom stereocenters. The van der Waals surface area contributed by atoms with E-state index in [4.69, 9.17) is 9.47 Å². The topological polar surface area (TPSA) is 113 Å². The Balaban J connectivity index is 1.32. The van der Waals surface area contributed by atoms with Gasteiger partial charge in [0.15, 0.2) is 12.1 Å². The maximum Gasteiger partial charge on any atom is 0.309 e. The summed E-state index contributed by atoms with van der Waals surface area (Å²) in [4.78, 5) is 27.0. The van der Waals surface area contributed by atoms with Gasteiger partial charge in [-0.3, -0.25) is 9.59 Å². The molecule has 7 nitrogen and oxygen atoms in total. The summed E-state index contributed by atoms with van der Waals surface area (Å²) >= 11 is 0. The molecular weight excluding hydrogens is 544 g/mol. The van der Waals surface area contributed by atoms with Gasteiger partial charge in [-0.2, -0.15) is 0 Å². The van der Waals surface area contributed by atoms with E-state index in [0.717, 1.165) is 44.9 Å². The van der Waals surface area contributed by atoms with E-state index in [1.807, 2.05) is 13.0 Å². The minimum absolute atomic E-state index is 0.0462. The maximum atomic E-state index is 14.6. The van der Waals surface area contributed by atoms with Crippen molar-refractivity contribution in [3.05, 3.63) is 11.6 Å². The van der Waals surface area contributed by atoms with Gasteiger partial charge in [0.25, 0.3) is 0 Å². The summed E-state index contributed by atoms with van der Waals surface area (Å²) in [6.45, 7) is 17.8. The van der Waals surface area contributed by atoms with E-state index in [9.17, 15) is 24.9 Å². The van der Waals surface area contributed by atoms with Crippen LogP contribution in [0.3, 0.4) is 0 Å². The number of fused-ring (bicyclic) bond motifs is 7. The van der Waals surface area contributed by atoms with Gasteiger partial charge in [-0.05, 0) is 117 Å². The molecule has 242 valence electrons. The van der Waals surface area contributed by atoms with Crippen LogP contribution in [0.1, 0.15) is 120 Å². The fourth-order valence-electron chi connectivity index (χ4n) is 11.9. The third-order valence-corrected chi connectivity index (χ3v) is 15.0. The summed E-state index contributed by atoms with van der Waals surface area (Å²) in [5, 5.41) is 30.7. The number of aliphatic hydroxyl groups is 2. The van der Waals surface area contributed by atoms with Crippen molar-refractivity contribution in [2.75, 3.05) is 0 Å². The summed E-state index contributed by atoms with van der Waals surface area (Å²) in [6, 6.07) is 0. The second kappa shape index (κ2) is 9.86. The van der Waals surface area contributed by atoms with E-state index in [0.29, 0.717) is 12.8 Å². The molecular formula is C36H56O7. The van der Waals surface area contributed by atoms with Gasteiger partial charge in [-0.25, -0.2) is 0 Å². The predicted molar refractivity (Wildman–Crippen MR) is 163 cm³/mol. The zero-order chi connectivity index (χ0) is 31.5. The Morgan fingerprint density at radius 2 is 1.63 bits per heavy atom. The van der Waals surface area contributed by atoms with Crippen molar-refractivity contribution < 1.29 is 34.4 Å². The molecule has 0 bridgehead atoms. The molecule has 0 aromatic carbocycles. The molecule has 4 saturated carbocycles. The quantitative estimate of drug-likeness (QED) is 0.326. The third-order valence-electron chi connectivity index (χ3n) is 15.0. The van der Waals surface area contributed by atoms with E-state index in [1.165, 1.54) is 5.57 Å². The van der Waals surface area contributed by atoms with E-state index in [-0.39, 0.29) is 63.1 Å². The van der Waals surface area contributed by atoms with Crippen LogP contribution in [0.5, 0.6) is 0 Å². The molecule has 0 aromatic rings. The molecule has 0 aromatic heterocycles. The Kier molecular flexibility index (Phi) is 7.27. The lowest BCUT2D eigenvalue weighted by Gasteiger charge is -2.70. The molecule has 5 fully saturated rings. The highest BCUT2D eigenvalue weighted by Crippen LogP contribution is 2.75. The zero-order valence-electron chi connectivity index (χ0n) is 27.7. The van der Waals surface area contributed by atoms with Gasteiger partial charge in [0, 0.05) is 12.3 Å². The number of carboxylic acid groups (broad SMARTS) is 1. The number of hydrogen-bond donors (Lipinski definition) is 3. The first-order valence-electron chi connectivity index (χ1n) is 17.0. The lowest BCUT2D eigenvalue weighted by atomic mass is 9.33. The molecule has 7 heteroatoms. The Labute approximate surface area is 258 Å². The van der Waals surface area contributed by atoms with Crippen LogP contribution in [0.25, 0.3) is 0 Å². The Hall–Kier alpha value is -1.28. The van der Waals surface area contributed by atoms with E-state index < -0.39 is 36.0 Å². The molecule has 0 amide bonds. The number of carboxylic acids is 1. The maximum absolute atomic E-state index is 14.6. The fraction of sp³-hybridized carbons (Fsp3) is 0.889. The number of aliphatic carboxylic acids is 1. The summed E-state index contributed by atoms with van der Waals surface area (Å²) in [6.07, 6.45) is 7.45. The SMILES string of the molecule is C[C@H]1O[C@@H](O[C@@H]2CC[C@]3(C)[C@H](CC[C@]4(C)[C@@H]3C(=O)C=C3[C@H]5C[C@@](C)(C(=O)O)CC[C@]5(C)CC[C@@]34C)C2(C)C)C[C@@H](O)[C@@H]1O. The molecule has 1 aliphatic heterocycles. The predicted octanol–water partition coefficient (Wildman–Crippen LogP) is 6.29. The minimum Gasteiger partial charge on any atom is -0.481 e. The van der Waals surface area contributed by atoms with Crippen molar-refractivity contribution in [2.24, 2.45) is 50.2 Å². The van der Waals surface area contributed by atoms with Crippen LogP contribution in [0.4, 0.5) is 0 Å². The monoisotopic (exact) mass is 600 g/mol. The normalized spacial score (nSPS) is 54.4. The molecule has 1 heterocycles. The first kappa shape index (κ1) is 31.7. The molecule has 6 aliphatic rings. The van der Waals surface area contributed by atoms with Crippen molar-refractivity contribution in [1.29, 1.82) is 0 Å². The first-order valence-corrected chi connectivity index (χ1v) is 17.0. The molecule has 0 unspecified atom stereocenters. The molecule has 0 spiro atoms. The standard InChI is InChI=1S/C36H56O7/c1-20-28(39)23(37)18-27(42-20)43-26-10-11-34(6)25(31(26,2)3)9-12-36(8)29(34)24(38)17-21-22-19-33(5,30(40)41)14-13-32(22,4)15-16-35(21,36)7/h17,20,22-23,25-29,37,39H,9-16,18-19H2,1-8H3,(H,40,41)/t20-,22-,23-,25-,26-,27+,28-,29-,32-,33+,34-,35+,36-/m1/s1. The van der Waals surface area contributed by atoms with E-state index >= 15 is 0 Å². The highest BCUT2D eigenvalue weighted by Gasteiger charge is 2.70. The molecule has 3 N–H and O–H groups in total. The fourth-order valence-corrected chi connectivity index (χ4v) is 11.9. The second-order valence-electron chi connectivity index (χ2n) is 17.6. The number of ether oxygens (including phenoxy) is 2. The van der Waals surface area contributed by atoms with Crippen molar-refractivity contribution in [3.63, 3.8) is 0 Å². The van der Waals surface area contributed by atoms with Gasteiger partial charge in [0.2, 0.25) is 0 Å². The Morgan fingerprint density at radius 1 is 0.953 bits per heavy atom. The van der Waals surface area contributed by atoms with Crippen LogP contribution in [0.2, 0.25) is 0 Å². The number of carbonyl (C=O) groups is 2. The van der Waals surface area contributed by atoms with Crippen molar-refractivity contribution >= 4 is 11.8 Å². The summed E-state index contributed by atoms with van der Waals surface area (Å²) in [5.74, 6) is -0.128. The van der Waals surface area contributed by atoms with Gasteiger partial charge < -0.3 is 24.8 Å². The Bertz CT molecular complexity index is 1200. The van der Waals surface area contributed by atoms with E-state index in [2.05, 4.69) is 41.5 Å². The molecule has 6 rings (SSSR count). The zero-order valence-corrected chi connectivity index (χ0v) is 27.7. The van der Waals surface area contributed by atoms with Gasteiger partial charge >= 0.3 is 5.97 Å². The lowest BCUT2D eigenvalue weighted by Crippen LogP contribution is -2.67. The Morgan fingerprint density at radius 3 is 2.28 bits per heavy atom. The number of rotatable bonds is 3. The average molecular weight is 601 g/mol. The van der Waals surface area contributed by atoms with Crippen molar-refractivity contribution in [2.45, 2.75) is 150 Å². The highest BCUT2D eigenvalue weighted by atomic mass is 16.7. The van der Waals surface area contributed by atoms with Gasteiger partial charge in [-0.15, -0.1) is 0 Å². The third kappa shape index (κ3) is 4.33. The smallest absolute Gasteiger partial charge is 0.309 e. The summed E-state index contributed by atoms with van der Waals surface area (Å²) in [5.41, 5.74) is -0.165.